The first-order chi connectivity index (χ1) is 7.27. The van der Waals surface area contributed by atoms with Crippen molar-refractivity contribution in [2.45, 2.75) is 44.4 Å². The lowest BCUT2D eigenvalue weighted by Gasteiger charge is -2.15. The largest absolute Gasteiger partial charge is 0.207 e. The van der Waals surface area contributed by atoms with Crippen molar-refractivity contribution in [3.05, 3.63) is 35.4 Å². The summed E-state index contributed by atoms with van der Waals surface area (Å²) >= 11 is 0. The molecule has 0 nitrogen and oxygen atoms in total. The minimum Gasteiger partial charge on any atom is -0.207 e. The molecular formula is C13H16F2. The average Bonchev–Trinajstić information content (AvgIpc) is 2.46. The second-order valence-electron chi connectivity index (χ2n) is 4.35. The quantitative estimate of drug-likeness (QED) is 0.602. The molecule has 1 fully saturated rings. The molecule has 15 heavy (non-hydrogen) atoms. The van der Waals surface area contributed by atoms with Gasteiger partial charge in [-0.1, -0.05) is 31.7 Å². The molecular weight excluding hydrogens is 194 g/mol. The lowest BCUT2D eigenvalue weighted by atomic mass is 9.91. The lowest BCUT2D eigenvalue weighted by molar-refractivity contribution is 0.524. The maximum absolute atomic E-state index is 13.5. The molecule has 1 saturated carbocycles. The van der Waals surface area contributed by atoms with E-state index in [-0.39, 0.29) is 5.82 Å². The predicted octanol–water partition coefficient (Wildman–Crippen LogP) is 4.40. The lowest BCUT2D eigenvalue weighted by Crippen LogP contribution is -2.01. The molecule has 2 heteroatoms. The molecule has 0 saturated heterocycles. The Bertz CT molecular complexity index is 325. The van der Waals surface area contributed by atoms with Gasteiger partial charge in [0.1, 0.15) is 11.6 Å². The number of benzene rings is 1. The normalized spacial score (nSPS) is 18.8. The van der Waals surface area contributed by atoms with Crippen LogP contribution in [0.3, 0.4) is 0 Å². The van der Waals surface area contributed by atoms with E-state index in [0.29, 0.717) is 11.5 Å². The maximum Gasteiger partial charge on any atom is 0.129 e. The molecule has 1 aromatic rings. The van der Waals surface area contributed by atoms with Gasteiger partial charge >= 0.3 is 0 Å². The van der Waals surface area contributed by atoms with Crippen LogP contribution in [-0.4, -0.2) is 0 Å². The Hall–Kier alpha value is -0.920. The van der Waals surface area contributed by atoms with Gasteiger partial charge in [-0.15, -0.1) is 0 Å². The first-order valence-electron chi connectivity index (χ1n) is 5.72. The SMILES string of the molecule is Fc1ccc(C2CCCCCC2)c(F)c1. The topological polar surface area (TPSA) is 0 Å². The second kappa shape index (κ2) is 4.73. The van der Waals surface area contributed by atoms with Crippen molar-refractivity contribution in [1.29, 1.82) is 0 Å². The fourth-order valence-corrected chi connectivity index (χ4v) is 2.42. The summed E-state index contributed by atoms with van der Waals surface area (Å²) in [5.74, 6) is -0.556. The summed E-state index contributed by atoms with van der Waals surface area (Å²) in [7, 11) is 0. The monoisotopic (exact) mass is 210 g/mol. The highest BCUT2D eigenvalue weighted by Crippen LogP contribution is 2.32. The molecule has 1 aliphatic rings. The molecule has 0 bridgehead atoms. The molecule has 0 aliphatic heterocycles. The molecule has 0 radical (unpaired) electrons. The molecule has 0 amide bonds. The van der Waals surface area contributed by atoms with E-state index in [1.165, 1.54) is 31.7 Å². The molecule has 0 atom stereocenters. The minimum absolute atomic E-state index is 0.299. The van der Waals surface area contributed by atoms with E-state index in [1.807, 2.05) is 0 Å². The fraction of sp³-hybridized carbons (Fsp3) is 0.538. The molecule has 0 aromatic heterocycles. The van der Waals surface area contributed by atoms with E-state index in [0.717, 1.165) is 18.9 Å². The molecule has 0 spiro atoms. The third-order valence-electron chi connectivity index (χ3n) is 3.26. The van der Waals surface area contributed by atoms with Crippen LogP contribution in [0.4, 0.5) is 8.78 Å². The predicted molar refractivity (Wildman–Crippen MR) is 56.8 cm³/mol. The molecule has 82 valence electrons. The van der Waals surface area contributed by atoms with E-state index < -0.39 is 5.82 Å². The van der Waals surface area contributed by atoms with Gasteiger partial charge in [-0.3, -0.25) is 0 Å². The van der Waals surface area contributed by atoms with Crippen molar-refractivity contribution >= 4 is 0 Å². The van der Waals surface area contributed by atoms with Gasteiger partial charge in [-0.2, -0.15) is 0 Å². The number of halogens is 2. The van der Waals surface area contributed by atoms with E-state index in [2.05, 4.69) is 0 Å². The fourth-order valence-electron chi connectivity index (χ4n) is 2.42. The van der Waals surface area contributed by atoms with Gasteiger partial charge in [-0.05, 0) is 30.4 Å². The Kier molecular flexibility index (Phi) is 3.34. The smallest absolute Gasteiger partial charge is 0.129 e. The molecule has 1 aromatic carbocycles. The maximum atomic E-state index is 13.5. The highest BCUT2D eigenvalue weighted by molar-refractivity contribution is 5.22. The number of hydrogen-bond donors (Lipinski definition) is 0. The first-order valence-corrected chi connectivity index (χ1v) is 5.72. The standard InChI is InChI=1S/C13H16F2/c14-11-7-8-12(13(15)9-11)10-5-3-1-2-4-6-10/h7-10H,1-6H2. The van der Waals surface area contributed by atoms with Crippen LogP contribution in [0.5, 0.6) is 0 Å². The zero-order valence-electron chi connectivity index (χ0n) is 8.81. The van der Waals surface area contributed by atoms with Crippen LogP contribution in [0.25, 0.3) is 0 Å². The molecule has 0 heterocycles. The summed E-state index contributed by atoms with van der Waals surface area (Å²) in [6, 6.07) is 3.98. The van der Waals surface area contributed by atoms with Gasteiger partial charge in [-0.25, -0.2) is 8.78 Å². The van der Waals surface area contributed by atoms with Gasteiger partial charge in [0.25, 0.3) is 0 Å². The molecule has 0 unspecified atom stereocenters. The highest BCUT2D eigenvalue weighted by Gasteiger charge is 2.17. The zero-order chi connectivity index (χ0) is 10.7. The Morgan fingerprint density at radius 2 is 1.60 bits per heavy atom. The van der Waals surface area contributed by atoms with Gasteiger partial charge < -0.3 is 0 Å². The molecule has 0 N–H and O–H groups in total. The van der Waals surface area contributed by atoms with Crippen LogP contribution in [0.1, 0.15) is 50.0 Å². The van der Waals surface area contributed by atoms with Gasteiger partial charge in [0.05, 0.1) is 0 Å². The molecule has 2 rings (SSSR count). The van der Waals surface area contributed by atoms with Crippen LogP contribution in [0, 0.1) is 11.6 Å². The van der Waals surface area contributed by atoms with E-state index >= 15 is 0 Å². The highest BCUT2D eigenvalue weighted by atomic mass is 19.1. The van der Waals surface area contributed by atoms with Crippen molar-refractivity contribution < 1.29 is 8.78 Å². The Morgan fingerprint density at radius 3 is 2.20 bits per heavy atom. The summed E-state index contributed by atoms with van der Waals surface area (Å²) in [6.07, 6.45) is 6.92. The van der Waals surface area contributed by atoms with Crippen LogP contribution < -0.4 is 0 Å². The minimum atomic E-state index is -0.482. The summed E-state index contributed by atoms with van der Waals surface area (Å²) < 4.78 is 26.3. The van der Waals surface area contributed by atoms with Crippen molar-refractivity contribution in [2.75, 3.05) is 0 Å². The average molecular weight is 210 g/mol. The van der Waals surface area contributed by atoms with Gasteiger partial charge in [0, 0.05) is 6.07 Å². The number of hydrogen-bond acceptors (Lipinski definition) is 0. The zero-order valence-corrected chi connectivity index (χ0v) is 8.81. The third kappa shape index (κ3) is 2.55. The number of rotatable bonds is 1. The van der Waals surface area contributed by atoms with Crippen LogP contribution in [-0.2, 0) is 0 Å². The summed E-state index contributed by atoms with van der Waals surface area (Å²) in [5, 5.41) is 0. The summed E-state index contributed by atoms with van der Waals surface area (Å²) in [5.41, 5.74) is 0.707. The Balaban J connectivity index is 2.19. The summed E-state index contributed by atoms with van der Waals surface area (Å²) in [4.78, 5) is 0. The van der Waals surface area contributed by atoms with E-state index in [9.17, 15) is 8.78 Å². The van der Waals surface area contributed by atoms with Crippen molar-refractivity contribution in [3.8, 4) is 0 Å². The Morgan fingerprint density at radius 1 is 0.933 bits per heavy atom. The summed E-state index contributed by atoms with van der Waals surface area (Å²) in [6.45, 7) is 0. The third-order valence-corrected chi connectivity index (χ3v) is 3.26. The molecule has 1 aliphatic carbocycles. The van der Waals surface area contributed by atoms with Crippen molar-refractivity contribution in [1.82, 2.24) is 0 Å². The Labute approximate surface area is 89.3 Å². The van der Waals surface area contributed by atoms with E-state index in [4.69, 9.17) is 0 Å². The van der Waals surface area contributed by atoms with Crippen molar-refractivity contribution in [3.63, 3.8) is 0 Å². The van der Waals surface area contributed by atoms with Gasteiger partial charge in [0.15, 0.2) is 0 Å². The van der Waals surface area contributed by atoms with Gasteiger partial charge in [0.2, 0.25) is 0 Å². The first kappa shape index (κ1) is 10.6. The van der Waals surface area contributed by atoms with Crippen molar-refractivity contribution in [2.24, 2.45) is 0 Å². The van der Waals surface area contributed by atoms with Crippen LogP contribution in [0.2, 0.25) is 0 Å². The van der Waals surface area contributed by atoms with E-state index in [1.54, 1.807) is 6.07 Å². The van der Waals surface area contributed by atoms with Crippen LogP contribution in [0.15, 0.2) is 18.2 Å². The second-order valence-corrected chi connectivity index (χ2v) is 4.35. The van der Waals surface area contributed by atoms with Crippen LogP contribution >= 0.6 is 0 Å².